The first-order valence-corrected chi connectivity index (χ1v) is 5.58. The maximum atomic E-state index is 11.6. The number of ether oxygens (including phenoxy) is 1. The molecule has 1 unspecified atom stereocenters. The minimum absolute atomic E-state index is 0.451. The SMILES string of the molecule is C=CC(O)c1cnccc1NC(=O)OC(C)(C)C. The third-order valence-corrected chi connectivity index (χ3v) is 2.03. The van der Waals surface area contributed by atoms with Gasteiger partial charge in [-0.3, -0.25) is 10.3 Å². The highest BCUT2D eigenvalue weighted by molar-refractivity contribution is 5.85. The topological polar surface area (TPSA) is 71.5 Å². The van der Waals surface area contributed by atoms with Gasteiger partial charge in [0.1, 0.15) is 11.7 Å². The zero-order chi connectivity index (χ0) is 13.8. The maximum Gasteiger partial charge on any atom is 0.412 e. The van der Waals surface area contributed by atoms with Crippen LogP contribution in [0, 0.1) is 0 Å². The summed E-state index contributed by atoms with van der Waals surface area (Å²) in [6.45, 7) is 8.82. The molecular formula is C13H18N2O3. The van der Waals surface area contributed by atoms with Gasteiger partial charge in [-0.2, -0.15) is 0 Å². The van der Waals surface area contributed by atoms with Gasteiger partial charge < -0.3 is 9.84 Å². The molecule has 0 aliphatic heterocycles. The number of rotatable bonds is 3. The Morgan fingerprint density at radius 3 is 2.83 bits per heavy atom. The number of nitrogens with one attached hydrogen (secondary N) is 1. The van der Waals surface area contributed by atoms with Crippen LogP contribution in [0.1, 0.15) is 32.4 Å². The number of pyridine rings is 1. The zero-order valence-corrected chi connectivity index (χ0v) is 10.8. The van der Waals surface area contributed by atoms with E-state index in [4.69, 9.17) is 4.74 Å². The van der Waals surface area contributed by atoms with E-state index in [0.29, 0.717) is 11.3 Å². The molecule has 0 radical (unpaired) electrons. The van der Waals surface area contributed by atoms with Crippen molar-refractivity contribution >= 4 is 11.8 Å². The summed E-state index contributed by atoms with van der Waals surface area (Å²) in [6, 6.07) is 1.59. The first kappa shape index (κ1) is 14.2. The highest BCUT2D eigenvalue weighted by atomic mass is 16.6. The van der Waals surface area contributed by atoms with Crippen molar-refractivity contribution in [1.29, 1.82) is 0 Å². The largest absolute Gasteiger partial charge is 0.444 e. The van der Waals surface area contributed by atoms with Gasteiger partial charge in [-0.15, -0.1) is 6.58 Å². The molecule has 0 aliphatic carbocycles. The number of hydrogen-bond acceptors (Lipinski definition) is 4. The lowest BCUT2D eigenvalue weighted by Crippen LogP contribution is -2.27. The van der Waals surface area contributed by atoms with Gasteiger partial charge in [-0.05, 0) is 26.8 Å². The smallest absolute Gasteiger partial charge is 0.412 e. The van der Waals surface area contributed by atoms with Gasteiger partial charge in [0, 0.05) is 18.0 Å². The Kier molecular flexibility index (Phi) is 4.44. The number of carbonyl (C=O) groups excluding carboxylic acids is 1. The van der Waals surface area contributed by atoms with E-state index in [1.54, 1.807) is 26.8 Å². The molecular weight excluding hydrogens is 232 g/mol. The summed E-state index contributed by atoms with van der Waals surface area (Å²) in [5.74, 6) is 0. The molecule has 0 aromatic carbocycles. The van der Waals surface area contributed by atoms with Crippen LogP contribution in [-0.4, -0.2) is 21.8 Å². The molecule has 98 valence electrons. The van der Waals surface area contributed by atoms with Crippen molar-refractivity contribution in [2.75, 3.05) is 5.32 Å². The minimum atomic E-state index is -0.886. The number of aromatic nitrogens is 1. The molecule has 0 fully saturated rings. The van der Waals surface area contributed by atoms with Gasteiger partial charge in [-0.1, -0.05) is 6.08 Å². The van der Waals surface area contributed by atoms with E-state index in [1.807, 2.05) is 0 Å². The van der Waals surface area contributed by atoms with Crippen molar-refractivity contribution in [3.05, 3.63) is 36.7 Å². The van der Waals surface area contributed by atoms with Crippen molar-refractivity contribution in [3.8, 4) is 0 Å². The zero-order valence-electron chi connectivity index (χ0n) is 10.8. The molecule has 0 saturated heterocycles. The molecule has 1 atom stereocenters. The van der Waals surface area contributed by atoms with Crippen molar-refractivity contribution in [2.24, 2.45) is 0 Å². The average Bonchev–Trinajstić information content (AvgIpc) is 2.26. The monoisotopic (exact) mass is 250 g/mol. The number of nitrogens with zero attached hydrogens (tertiary/aromatic N) is 1. The second kappa shape index (κ2) is 5.64. The Morgan fingerprint density at radius 2 is 2.28 bits per heavy atom. The van der Waals surface area contributed by atoms with E-state index in [9.17, 15) is 9.90 Å². The second-order valence-corrected chi connectivity index (χ2v) is 4.77. The third-order valence-electron chi connectivity index (χ3n) is 2.03. The summed E-state index contributed by atoms with van der Waals surface area (Å²) < 4.78 is 5.13. The van der Waals surface area contributed by atoms with E-state index >= 15 is 0 Å². The standard InChI is InChI=1S/C13H18N2O3/c1-5-11(16)9-8-14-7-6-10(9)15-12(17)18-13(2,3)4/h5-8,11,16H,1H2,2-4H3,(H,14,15,17). The number of aliphatic hydroxyl groups excluding tert-OH is 1. The number of amides is 1. The van der Waals surface area contributed by atoms with Gasteiger partial charge in [-0.25, -0.2) is 4.79 Å². The summed E-state index contributed by atoms with van der Waals surface area (Å²) in [7, 11) is 0. The lowest BCUT2D eigenvalue weighted by atomic mass is 10.1. The summed E-state index contributed by atoms with van der Waals surface area (Å²) in [5.41, 5.74) is 0.346. The van der Waals surface area contributed by atoms with E-state index in [-0.39, 0.29) is 0 Å². The predicted molar refractivity (Wildman–Crippen MR) is 69.3 cm³/mol. The van der Waals surface area contributed by atoms with Crippen LogP contribution in [0.5, 0.6) is 0 Å². The van der Waals surface area contributed by atoms with E-state index in [1.165, 1.54) is 18.5 Å². The van der Waals surface area contributed by atoms with Crippen LogP contribution in [0.25, 0.3) is 0 Å². The molecule has 1 aromatic heterocycles. The second-order valence-electron chi connectivity index (χ2n) is 4.77. The third kappa shape index (κ3) is 4.18. The van der Waals surface area contributed by atoms with Gasteiger partial charge in [0.05, 0.1) is 5.69 Å². The average molecular weight is 250 g/mol. The van der Waals surface area contributed by atoms with Gasteiger partial charge in [0.25, 0.3) is 0 Å². The molecule has 1 aromatic rings. The Hall–Kier alpha value is -1.88. The molecule has 0 saturated carbocycles. The summed E-state index contributed by atoms with van der Waals surface area (Å²) in [4.78, 5) is 15.5. The van der Waals surface area contributed by atoms with Gasteiger partial charge >= 0.3 is 6.09 Å². The Morgan fingerprint density at radius 1 is 1.61 bits per heavy atom. The molecule has 1 amide bonds. The number of hydrogen-bond donors (Lipinski definition) is 2. The normalized spacial score (nSPS) is 12.7. The fourth-order valence-corrected chi connectivity index (χ4v) is 1.30. The first-order chi connectivity index (χ1) is 8.33. The van der Waals surface area contributed by atoms with Crippen molar-refractivity contribution in [2.45, 2.75) is 32.5 Å². The molecule has 1 rings (SSSR count). The van der Waals surface area contributed by atoms with E-state index in [0.717, 1.165) is 0 Å². The Labute approximate surface area is 107 Å². The number of aliphatic hydroxyl groups is 1. The molecule has 5 heteroatoms. The highest BCUT2D eigenvalue weighted by Gasteiger charge is 2.18. The summed E-state index contributed by atoms with van der Waals surface area (Å²) in [5, 5.41) is 12.3. The number of anilines is 1. The number of carbonyl (C=O) groups is 1. The summed E-state index contributed by atoms with van der Waals surface area (Å²) in [6.07, 6.45) is 2.89. The lowest BCUT2D eigenvalue weighted by Gasteiger charge is -2.20. The summed E-state index contributed by atoms with van der Waals surface area (Å²) >= 11 is 0. The van der Waals surface area contributed by atoms with E-state index < -0.39 is 17.8 Å². The van der Waals surface area contributed by atoms with Crippen molar-refractivity contribution < 1.29 is 14.6 Å². The predicted octanol–water partition coefficient (Wildman–Crippen LogP) is 2.65. The highest BCUT2D eigenvalue weighted by Crippen LogP contribution is 2.22. The van der Waals surface area contributed by atoms with Crippen LogP contribution in [0.4, 0.5) is 10.5 Å². The molecule has 0 bridgehead atoms. The van der Waals surface area contributed by atoms with Crippen LogP contribution in [0.15, 0.2) is 31.1 Å². The molecule has 5 nitrogen and oxygen atoms in total. The molecule has 0 aliphatic rings. The van der Waals surface area contributed by atoms with Crippen molar-refractivity contribution in [1.82, 2.24) is 4.98 Å². The Balaban J connectivity index is 2.84. The molecule has 0 spiro atoms. The van der Waals surface area contributed by atoms with Crippen molar-refractivity contribution in [3.63, 3.8) is 0 Å². The van der Waals surface area contributed by atoms with Crippen LogP contribution in [-0.2, 0) is 4.74 Å². The van der Waals surface area contributed by atoms with Crippen LogP contribution in [0.3, 0.4) is 0 Å². The Bertz CT molecular complexity index is 438. The van der Waals surface area contributed by atoms with Crippen LogP contribution < -0.4 is 5.32 Å². The quantitative estimate of drug-likeness (QED) is 0.809. The van der Waals surface area contributed by atoms with Gasteiger partial charge in [0.15, 0.2) is 0 Å². The molecule has 2 N–H and O–H groups in total. The molecule has 1 heterocycles. The van der Waals surface area contributed by atoms with Crippen LogP contribution >= 0.6 is 0 Å². The lowest BCUT2D eigenvalue weighted by molar-refractivity contribution is 0.0635. The van der Waals surface area contributed by atoms with E-state index in [2.05, 4.69) is 16.9 Å². The molecule has 18 heavy (non-hydrogen) atoms. The van der Waals surface area contributed by atoms with Gasteiger partial charge in [0.2, 0.25) is 0 Å². The van der Waals surface area contributed by atoms with Crippen LogP contribution in [0.2, 0.25) is 0 Å². The first-order valence-electron chi connectivity index (χ1n) is 5.58. The minimum Gasteiger partial charge on any atom is -0.444 e. The maximum absolute atomic E-state index is 11.6. The fraction of sp³-hybridized carbons (Fsp3) is 0.385. The fourth-order valence-electron chi connectivity index (χ4n) is 1.30.